The fourth-order valence-corrected chi connectivity index (χ4v) is 3.54. The van der Waals surface area contributed by atoms with Crippen molar-refractivity contribution in [3.63, 3.8) is 0 Å². The average molecular weight is 374 g/mol. The van der Waals surface area contributed by atoms with Gasteiger partial charge in [-0.1, -0.05) is 64.4 Å². The lowest BCUT2D eigenvalue weighted by atomic mass is 9.82. The molecule has 2 rings (SSSR count). The van der Waals surface area contributed by atoms with Crippen molar-refractivity contribution in [1.29, 1.82) is 0 Å². The first-order valence-electron chi connectivity index (χ1n) is 10.2. The number of rotatable bonds is 6. The van der Waals surface area contributed by atoms with Gasteiger partial charge in [0, 0.05) is 25.6 Å². The molecule has 0 bridgehead atoms. The van der Waals surface area contributed by atoms with Crippen molar-refractivity contribution >= 4 is 11.9 Å². The van der Waals surface area contributed by atoms with Gasteiger partial charge in [0.25, 0.3) is 0 Å². The molecule has 1 heterocycles. The Kier molecular flexibility index (Phi) is 7.69. The van der Waals surface area contributed by atoms with Crippen LogP contribution in [0.3, 0.4) is 0 Å². The molecule has 5 heteroatoms. The van der Waals surface area contributed by atoms with Gasteiger partial charge >= 0.3 is 6.03 Å². The topological polar surface area (TPSA) is 61.4 Å². The highest BCUT2D eigenvalue weighted by molar-refractivity contribution is 5.79. The summed E-state index contributed by atoms with van der Waals surface area (Å²) in [6, 6.07) is 10.0. The number of nitrogens with zero attached hydrogens (tertiary/aromatic N) is 1. The first-order valence-corrected chi connectivity index (χ1v) is 10.2. The molecule has 1 aliphatic rings. The fraction of sp³-hybridized carbons (Fsp3) is 0.636. The van der Waals surface area contributed by atoms with Gasteiger partial charge < -0.3 is 15.5 Å². The van der Waals surface area contributed by atoms with Gasteiger partial charge in [-0.3, -0.25) is 4.79 Å². The van der Waals surface area contributed by atoms with Gasteiger partial charge in [0.15, 0.2) is 0 Å². The smallest absolute Gasteiger partial charge is 0.317 e. The van der Waals surface area contributed by atoms with E-state index in [0.29, 0.717) is 13.1 Å². The molecule has 1 saturated heterocycles. The summed E-state index contributed by atoms with van der Waals surface area (Å²) in [4.78, 5) is 26.9. The van der Waals surface area contributed by atoms with Crippen molar-refractivity contribution < 1.29 is 9.59 Å². The molecule has 1 atom stereocenters. The number of urea groups is 1. The largest absolute Gasteiger partial charge is 0.356 e. The highest BCUT2D eigenvalue weighted by Gasteiger charge is 2.32. The SMILES string of the molecule is CCCCNC(=O)C1CCN(C(=O)NC(c2ccccc2)C(C)(C)C)CC1. The third kappa shape index (κ3) is 6.26. The third-order valence-electron chi connectivity index (χ3n) is 5.25. The van der Waals surface area contributed by atoms with Crippen molar-refractivity contribution in [2.75, 3.05) is 19.6 Å². The molecule has 0 aliphatic carbocycles. The maximum Gasteiger partial charge on any atom is 0.317 e. The molecule has 2 N–H and O–H groups in total. The number of carbonyl (C=O) groups is 2. The predicted octanol–water partition coefficient (Wildman–Crippen LogP) is 4.11. The number of hydrogen-bond acceptors (Lipinski definition) is 2. The van der Waals surface area contributed by atoms with E-state index in [1.807, 2.05) is 23.1 Å². The summed E-state index contributed by atoms with van der Waals surface area (Å²) >= 11 is 0. The van der Waals surface area contributed by atoms with Gasteiger partial charge in [-0.25, -0.2) is 4.79 Å². The van der Waals surface area contributed by atoms with E-state index in [1.54, 1.807) is 0 Å². The molecule has 1 aromatic carbocycles. The van der Waals surface area contributed by atoms with Crippen LogP contribution in [0, 0.1) is 11.3 Å². The van der Waals surface area contributed by atoms with Crippen LogP contribution >= 0.6 is 0 Å². The van der Waals surface area contributed by atoms with Crippen LogP contribution in [0.25, 0.3) is 0 Å². The lowest BCUT2D eigenvalue weighted by Gasteiger charge is -2.36. The Hall–Kier alpha value is -2.04. The van der Waals surface area contributed by atoms with Gasteiger partial charge in [-0.2, -0.15) is 0 Å². The molecule has 1 aliphatic heterocycles. The van der Waals surface area contributed by atoms with Gasteiger partial charge in [-0.05, 0) is 30.2 Å². The van der Waals surface area contributed by atoms with E-state index in [9.17, 15) is 9.59 Å². The van der Waals surface area contributed by atoms with Crippen LogP contribution in [0.2, 0.25) is 0 Å². The Morgan fingerprint density at radius 3 is 2.33 bits per heavy atom. The number of unbranched alkanes of at least 4 members (excludes halogenated alkanes) is 1. The van der Waals surface area contributed by atoms with Gasteiger partial charge in [0.05, 0.1) is 6.04 Å². The lowest BCUT2D eigenvalue weighted by Crippen LogP contribution is -2.49. The molecule has 0 aromatic heterocycles. The Bertz CT molecular complexity index is 602. The zero-order valence-electron chi connectivity index (χ0n) is 17.3. The summed E-state index contributed by atoms with van der Waals surface area (Å²) in [7, 11) is 0. The normalized spacial score (nSPS) is 16.7. The zero-order chi connectivity index (χ0) is 19.9. The quantitative estimate of drug-likeness (QED) is 0.737. The minimum atomic E-state index is -0.0888. The molecule has 150 valence electrons. The van der Waals surface area contributed by atoms with Crippen LogP contribution in [0.4, 0.5) is 4.79 Å². The summed E-state index contributed by atoms with van der Waals surface area (Å²) in [6.07, 6.45) is 3.56. The summed E-state index contributed by atoms with van der Waals surface area (Å²) in [5.41, 5.74) is 1.03. The molecule has 0 saturated carbocycles. The van der Waals surface area contributed by atoms with E-state index in [4.69, 9.17) is 0 Å². The Balaban J connectivity index is 1.90. The van der Waals surface area contributed by atoms with Crippen LogP contribution in [0.15, 0.2) is 30.3 Å². The number of carbonyl (C=O) groups excluding carboxylic acids is 2. The molecular formula is C22H35N3O2. The number of nitrogens with one attached hydrogen (secondary N) is 2. The predicted molar refractivity (Wildman–Crippen MR) is 109 cm³/mol. The second-order valence-electron chi connectivity index (χ2n) is 8.57. The first kappa shape index (κ1) is 21.3. The first-order chi connectivity index (χ1) is 12.8. The molecule has 5 nitrogen and oxygen atoms in total. The highest BCUT2D eigenvalue weighted by Crippen LogP contribution is 2.33. The Labute approximate surface area is 163 Å². The van der Waals surface area contributed by atoms with Crippen molar-refractivity contribution in [3.8, 4) is 0 Å². The number of hydrogen-bond donors (Lipinski definition) is 2. The second kappa shape index (κ2) is 9.77. The monoisotopic (exact) mass is 373 g/mol. The maximum absolute atomic E-state index is 12.8. The summed E-state index contributed by atoms with van der Waals surface area (Å²) in [5, 5.41) is 6.23. The maximum atomic E-state index is 12.8. The molecule has 1 aromatic rings. The van der Waals surface area contributed by atoms with E-state index >= 15 is 0 Å². The van der Waals surface area contributed by atoms with E-state index < -0.39 is 0 Å². The molecule has 1 unspecified atom stereocenters. The molecule has 3 amide bonds. The lowest BCUT2D eigenvalue weighted by molar-refractivity contribution is -0.126. The number of amides is 3. The van der Waals surface area contributed by atoms with Crippen LogP contribution in [0.5, 0.6) is 0 Å². The van der Waals surface area contributed by atoms with Crippen molar-refractivity contribution in [1.82, 2.24) is 15.5 Å². The van der Waals surface area contributed by atoms with E-state index in [-0.39, 0.29) is 29.3 Å². The van der Waals surface area contributed by atoms with Gasteiger partial charge in [0.1, 0.15) is 0 Å². The highest BCUT2D eigenvalue weighted by atomic mass is 16.2. The van der Waals surface area contributed by atoms with E-state index in [1.165, 1.54) is 0 Å². The third-order valence-corrected chi connectivity index (χ3v) is 5.25. The fourth-order valence-electron chi connectivity index (χ4n) is 3.54. The Morgan fingerprint density at radius 2 is 1.78 bits per heavy atom. The van der Waals surface area contributed by atoms with Crippen molar-refractivity contribution in [3.05, 3.63) is 35.9 Å². The summed E-state index contributed by atoms with van der Waals surface area (Å²) < 4.78 is 0. The molecular weight excluding hydrogens is 338 g/mol. The van der Waals surface area contributed by atoms with E-state index in [2.05, 4.69) is 50.5 Å². The van der Waals surface area contributed by atoms with Crippen molar-refractivity contribution in [2.24, 2.45) is 11.3 Å². The molecule has 27 heavy (non-hydrogen) atoms. The average Bonchev–Trinajstić information content (AvgIpc) is 2.66. The van der Waals surface area contributed by atoms with Crippen LogP contribution in [-0.2, 0) is 4.79 Å². The minimum Gasteiger partial charge on any atom is -0.356 e. The van der Waals surface area contributed by atoms with Gasteiger partial charge in [-0.15, -0.1) is 0 Å². The second-order valence-corrected chi connectivity index (χ2v) is 8.57. The number of likely N-dealkylation sites (tertiary alicyclic amines) is 1. The van der Waals surface area contributed by atoms with Gasteiger partial charge in [0.2, 0.25) is 5.91 Å². The summed E-state index contributed by atoms with van der Waals surface area (Å²) in [5.74, 6) is 0.166. The van der Waals surface area contributed by atoms with Crippen molar-refractivity contribution in [2.45, 2.75) is 59.4 Å². The molecule has 0 spiro atoms. The standard InChI is InChI=1S/C22H35N3O2/c1-5-6-14-23-20(26)18-12-15-25(16-13-18)21(27)24-19(22(2,3)4)17-10-8-7-9-11-17/h7-11,18-19H,5-6,12-16H2,1-4H3,(H,23,26)(H,24,27). The zero-order valence-corrected chi connectivity index (χ0v) is 17.3. The Morgan fingerprint density at radius 1 is 1.15 bits per heavy atom. The van der Waals surface area contributed by atoms with E-state index in [0.717, 1.165) is 37.8 Å². The number of piperidine rings is 1. The number of benzene rings is 1. The minimum absolute atomic E-state index is 0.0263. The summed E-state index contributed by atoms with van der Waals surface area (Å²) in [6.45, 7) is 10.5. The molecule has 1 fully saturated rings. The van der Waals surface area contributed by atoms with Crippen LogP contribution < -0.4 is 10.6 Å². The molecule has 0 radical (unpaired) electrons. The van der Waals surface area contributed by atoms with Crippen LogP contribution in [-0.4, -0.2) is 36.5 Å². The van der Waals surface area contributed by atoms with Crippen LogP contribution in [0.1, 0.15) is 65.0 Å².